The molecular weight excluding hydrogens is 436 g/mol. The number of benzene rings is 3. The molecule has 0 saturated carbocycles. The Kier molecular flexibility index (Phi) is 6.87. The van der Waals surface area contributed by atoms with Gasteiger partial charge in [0.2, 0.25) is 5.91 Å². The molecule has 0 unspecified atom stereocenters. The predicted octanol–water partition coefficient (Wildman–Crippen LogP) is 5.20. The highest BCUT2D eigenvalue weighted by Crippen LogP contribution is 2.32. The molecule has 3 aromatic rings. The molecular formula is C23H23ClN2O4S. The number of rotatable bonds is 7. The van der Waals surface area contributed by atoms with E-state index in [0.717, 1.165) is 0 Å². The second-order valence-corrected chi connectivity index (χ2v) is 9.50. The van der Waals surface area contributed by atoms with Crippen molar-refractivity contribution in [2.75, 3.05) is 23.4 Å². The third-order valence-corrected chi connectivity index (χ3v) is 6.20. The third kappa shape index (κ3) is 5.77. The number of halogens is 1. The minimum Gasteiger partial charge on any atom is -0.455 e. The summed E-state index contributed by atoms with van der Waals surface area (Å²) in [6.45, 7) is 3.39. The number of para-hydroxylation sites is 1. The van der Waals surface area contributed by atoms with Crippen LogP contribution in [0, 0.1) is 13.8 Å². The van der Waals surface area contributed by atoms with Crippen LogP contribution >= 0.6 is 11.6 Å². The highest BCUT2D eigenvalue weighted by molar-refractivity contribution is 7.90. The molecule has 3 rings (SSSR count). The predicted molar refractivity (Wildman–Crippen MR) is 124 cm³/mol. The SMILES string of the molecule is Cc1ccc(NCC(=O)Nc2cc(Cl)ccc2Oc2ccccc2)c(C)c1S(C)(=O)=O. The van der Waals surface area contributed by atoms with Crippen LogP contribution in [0.5, 0.6) is 11.5 Å². The second kappa shape index (κ2) is 9.41. The van der Waals surface area contributed by atoms with Crippen LogP contribution in [0.4, 0.5) is 11.4 Å². The third-order valence-electron chi connectivity index (χ3n) is 4.60. The second-order valence-electron chi connectivity index (χ2n) is 7.11. The van der Waals surface area contributed by atoms with E-state index in [1.165, 1.54) is 6.26 Å². The van der Waals surface area contributed by atoms with Gasteiger partial charge in [0.15, 0.2) is 15.6 Å². The summed E-state index contributed by atoms with van der Waals surface area (Å²) < 4.78 is 30.0. The molecule has 0 aliphatic heterocycles. The Morgan fingerprint density at radius 2 is 1.71 bits per heavy atom. The van der Waals surface area contributed by atoms with Gasteiger partial charge in [0.25, 0.3) is 0 Å². The lowest BCUT2D eigenvalue weighted by atomic mass is 10.1. The van der Waals surface area contributed by atoms with Crippen LogP contribution in [0.3, 0.4) is 0 Å². The normalized spacial score (nSPS) is 11.1. The molecule has 162 valence electrons. The summed E-state index contributed by atoms with van der Waals surface area (Å²) >= 11 is 6.09. The van der Waals surface area contributed by atoms with Crippen LogP contribution in [0.25, 0.3) is 0 Å². The molecule has 0 heterocycles. The minimum absolute atomic E-state index is 0.0651. The van der Waals surface area contributed by atoms with E-state index in [1.54, 1.807) is 56.3 Å². The molecule has 0 spiro atoms. The summed E-state index contributed by atoms with van der Waals surface area (Å²) in [5, 5.41) is 6.25. The first kappa shape index (κ1) is 22.7. The van der Waals surface area contributed by atoms with Crippen molar-refractivity contribution in [1.29, 1.82) is 0 Å². The molecule has 0 saturated heterocycles. The number of anilines is 2. The zero-order chi connectivity index (χ0) is 22.6. The van der Waals surface area contributed by atoms with Crippen LogP contribution in [0.15, 0.2) is 65.6 Å². The average molecular weight is 459 g/mol. The molecule has 8 heteroatoms. The van der Waals surface area contributed by atoms with Crippen LogP contribution in [-0.4, -0.2) is 27.1 Å². The lowest BCUT2D eigenvalue weighted by Gasteiger charge is -2.16. The lowest BCUT2D eigenvalue weighted by Crippen LogP contribution is -2.22. The molecule has 6 nitrogen and oxygen atoms in total. The van der Waals surface area contributed by atoms with Gasteiger partial charge in [-0.25, -0.2) is 8.42 Å². The summed E-state index contributed by atoms with van der Waals surface area (Å²) in [6.07, 6.45) is 1.17. The van der Waals surface area contributed by atoms with Gasteiger partial charge < -0.3 is 15.4 Å². The van der Waals surface area contributed by atoms with E-state index in [4.69, 9.17) is 16.3 Å². The molecule has 3 aromatic carbocycles. The zero-order valence-corrected chi connectivity index (χ0v) is 19.0. The molecule has 0 aromatic heterocycles. The number of hydrogen-bond acceptors (Lipinski definition) is 5. The van der Waals surface area contributed by atoms with E-state index in [-0.39, 0.29) is 17.3 Å². The zero-order valence-electron chi connectivity index (χ0n) is 17.4. The molecule has 0 bridgehead atoms. The van der Waals surface area contributed by atoms with E-state index in [2.05, 4.69) is 10.6 Å². The molecule has 0 radical (unpaired) electrons. The van der Waals surface area contributed by atoms with E-state index >= 15 is 0 Å². The molecule has 2 N–H and O–H groups in total. The number of amides is 1. The van der Waals surface area contributed by atoms with Crippen molar-refractivity contribution in [3.8, 4) is 11.5 Å². The number of nitrogens with one attached hydrogen (secondary N) is 2. The van der Waals surface area contributed by atoms with Gasteiger partial charge >= 0.3 is 0 Å². The van der Waals surface area contributed by atoms with Gasteiger partial charge in [0.05, 0.1) is 17.1 Å². The maximum atomic E-state index is 12.6. The van der Waals surface area contributed by atoms with Crippen LogP contribution < -0.4 is 15.4 Å². The maximum Gasteiger partial charge on any atom is 0.243 e. The Morgan fingerprint density at radius 1 is 1.00 bits per heavy atom. The van der Waals surface area contributed by atoms with Gasteiger partial charge in [0.1, 0.15) is 5.75 Å². The topological polar surface area (TPSA) is 84.5 Å². The first-order valence-electron chi connectivity index (χ1n) is 9.51. The fourth-order valence-electron chi connectivity index (χ4n) is 3.26. The smallest absolute Gasteiger partial charge is 0.243 e. The van der Waals surface area contributed by atoms with Crippen molar-refractivity contribution >= 4 is 38.7 Å². The monoisotopic (exact) mass is 458 g/mol. The van der Waals surface area contributed by atoms with Crippen LogP contribution in [-0.2, 0) is 14.6 Å². The highest BCUT2D eigenvalue weighted by atomic mass is 35.5. The van der Waals surface area contributed by atoms with E-state index in [9.17, 15) is 13.2 Å². The van der Waals surface area contributed by atoms with Crippen molar-refractivity contribution in [2.45, 2.75) is 18.7 Å². The Balaban J connectivity index is 1.74. The summed E-state index contributed by atoms with van der Waals surface area (Å²) in [6, 6.07) is 17.6. The average Bonchev–Trinajstić information content (AvgIpc) is 2.69. The van der Waals surface area contributed by atoms with Crippen LogP contribution in [0.1, 0.15) is 11.1 Å². The number of ether oxygens (including phenoxy) is 1. The van der Waals surface area contributed by atoms with Gasteiger partial charge in [-0.3, -0.25) is 4.79 Å². The number of hydrogen-bond donors (Lipinski definition) is 2. The first-order chi connectivity index (χ1) is 14.6. The van der Waals surface area contributed by atoms with Gasteiger partial charge in [-0.15, -0.1) is 0 Å². The van der Waals surface area contributed by atoms with Gasteiger partial charge in [-0.1, -0.05) is 35.9 Å². The van der Waals surface area contributed by atoms with Gasteiger partial charge in [-0.05, 0) is 61.4 Å². The molecule has 0 aliphatic rings. The quantitative estimate of drug-likeness (QED) is 0.508. The molecule has 31 heavy (non-hydrogen) atoms. The molecule has 0 aliphatic carbocycles. The van der Waals surface area contributed by atoms with Gasteiger partial charge in [0, 0.05) is 17.0 Å². The lowest BCUT2D eigenvalue weighted by molar-refractivity contribution is -0.114. The minimum atomic E-state index is -3.39. The Morgan fingerprint density at radius 3 is 2.39 bits per heavy atom. The van der Waals surface area contributed by atoms with Crippen molar-refractivity contribution in [2.24, 2.45) is 0 Å². The Hall–Kier alpha value is -3.03. The Bertz CT molecular complexity index is 1210. The number of carbonyl (C=O) groups is 1. The van der Waals surface area contributed by atoms with E-state index < -0.39 is 9.84 Å². The number of carbonyl (C=O) groups excluding carboxylic acids is 1. The molecule has 0 atom stereocenters. The van der Waals surface area contributed by atoms with Gasteiger partial charge in [-0.2, -0.15) is 0 Å². The van der Waals surface area contributed by atoms with Crippen molar-refractivity contribution in [3.05, 3.63) is 76.8 Å². The summed E-state index contributed by atoms with van der Waals surface area (Å²) in [5.74, 6) is 0.748. The van der Waals surface area contributed by atoms with Crippen molar-refractivity contribution < 1.29 is 17.9 Å². The maximum absolute atomic E-state index is 12.6. The first-order valence-corrected chi connectivity index (χ1v) is 11.8. The summed E-state index contributed by atoms with van der Waals surface area (Å²) in [5.41, 5.74) is 2.25. The van der Waals surface area contributed by atoms with E-state index in [0.29, 0.717) is 39.0 Å². The number of sulfone groups is 1. The van der Waals surface area contributed by atoms with Crippen molar-refractivity contribution in [3.63, 3.8) is 0 Å². The van der Waals surface area contributed by atoms with Crippen LogP contribution in [0.2, 0.25) is 5.02 Å². The fraction of sp³-hybridized carbons (Fsp3) is 0.174. The Labute approximate surface area is 187 Å². The number of aryl methyl sites for hydroxylation is 1. The fourth-order valence-corrected chi connectivity index (χ4v) is 4.75. The standard InChI is InChI=1S/C23H23ClN2O4S/c1-15-9-11-19(16(2)23(15)31(3,28)29)25-14-22(27)26-20-13-17(24)10-12-21(20)30-18-7-5-4-6-8-18/h4-13,25H,14H2,1-3H3,(H,26,27). The van der Waals surface area contributed by atoms with Crippen molar-refractivity contribution in [1.82, 2.24) is 0 Å². The largest absolute Gasteiger partial charge is 0.455 e. The van der Waals surface area contributed by atoms with E-state index in [1.807, 2.05) is 18.2 Å². The summed E-state index contributed by atoms with van der Waals surface area (Å²) in [4.78, 5) is 12.8. The summed E-state index contributed by atoms with van der Waals surface area (Å²) in [7, 11) is -3.39. The molecule has 0 fully saturated rings. The molecule has 1 amide bonds. The highest BCUT2D eigenvalue weighted by Gasteiger charge is 2.17.